The van der Waals surface area contributed by atoms with Crippen molar-refractivity contribution in [1.29, 1.82) is 0 Å². The maximum absolute atomic E-state index is 11.7. The van der Waals surface area contributed by atoms with Crippen LogP contribution < -0.4 is 10.5 Å². The van der Waals surface area contributed by atoms with Crippen LogP contribution in [0.2, 0.25) is 0 Å². The fraction of sp³-hybridized carbons (Fsp3) is 0.400. The van der Waals surface area contributed by atoms with Gasteiger partial charge < -0.3 is 10.5 Å². The van der Waals surface area contributed by atoms with Crippen molar-refractivity contribution in [3.63, 3.8) is 0 Å². The Labute approximate surface area is 149 Å². The average molecular weight is 359 g/mol. The first-order valence-corrected chi connectivity index (χ1v) is 10.3. The van der Waals surface area contributed by atoms with E-state index in [1.165, 1.54) is 11.8 Å². The molecule has 0 aromatic heterocycles. The Hall–Kier alpha value is -1.85. The lowest BCUT2D eigenvalue weighted by atomic mass is 9.70. The number of hydrogen-bond acceptors (Lipinski definition) is 4. The van der Waals surface area contributed by atoms with Gasteiger partial charge in [0.05, 0.1) is 10.9 Å². The van der Waals surface area contributed by atoms with Gasteiger partial charge in [0.2, 0.25) is 0 Å². The molecule has 0 amide bonds. The number of benzene rings is 2. The van der Waals surface area contributed by atoms with Crippen LogP contribution in [0.15, 0.2) is 53.4 Å². The van der Waals surface area contributed by atoms with E-state index in [4.69, 9.17) is 10.5 Å². The zero-order chi connectivity index (χ0) is 18.5. The highest BCUT2D eigenvalue weighted by molar-refractivity contribution is 7.90. The van der Waals surface area contributed by atoms with Crippen LogP contribution in [0.3, 0.4) is 0 Å². The summed E-state index contributed by atoms with van der Waals surface area (Å²) in [5.41, 5.74) is 7.98. The van der Waals surface area contributed by atoms with E-state index in [1.54, 1.807) is 24.3 Å². The van der Waals surface area contributed by atoms with Crippen LogP contribution in [0.1, 0.15) is 31.9 Å². The van der Waals surface area contributed by atoms with Gasteiger partial charge in [0, 0.05) is 17.2 Å². The average Bonchev–Trinajstić information content (AvgIpc) is 2.80. The second kappa shape index (κ2) is 5.85. The van der Waals surface area contributed by atoms with Gasteiger partial charge in [0.1, 0.15) is 5.75 Å². The Bertz CT molecular complexity index is 882. The largest absolute Gasteiger partial charge is 0.480 e. The summed E-state index contributed by atoms with van der Waals surface area (Å²) in [6.07, 6.45) is 1.96. The highest BCUT2D eigenvalue weighted by atomic mass is 32.2. The van der Waals surface area contributed by atoms with Gasteiger partial charge in [-0.3, -0.25) is 0 Å². The molecule has 2 aromatic carbocycles. The highest BCUT2D eigenvalue weighted by Crippen LogP contribution is 2.50. The van der Waals surface area contributed by atoms with Crippen molar-refractivity contribution in [3.05, 3.63) is 59.7 Å². The van der Waals surface area contributed by atoms with Gasteiger partial charge in [-0.05, 0) is 36.2 Å². The maximum atomic E-state index is 11.7. The third-order valence-corrected chi connectivity index (χ3v) is 6.15. The Morgan fingerprint density at radius 2 is 1.68 bits per heavy atom. The van der Waals surface area contributed by atoms with E-state index in [1.807, 2.05) is 12.1 Å². The van der Waals surface area contributed by atoms with E-state index in [2.05, 4.69) is 32.9 Å². The Morgan fingerprint density at radius 1 is 1.08 bits per heavy atom. The number of hydrogen-bond donors (Lipinski definition) is 1. The maximum Gasteiger partial charge on any atom is 0.175 e. The molecule has 1 aliphatic carbocycles. The summed E-state index contributed by atoms with van der Waals surface area (Å²) < 4.78 is 29.8. The van der Waals surface area contributed by atoms with Gasteiger partial charge in [0.15, 0.2) is 15.4 Å². The number of fused-ring (bicyclic) bond motifs is 1. The van der Waals surface area contributed by atoms with Crippen molar-refractivity contribution in [1.82, 2.24) is 0 Å². The van der Waals surface area contributed by atoms with Crippen LogP contribution in [0.25, 0.3) is 0 Å². The van der Waals surface area contributed by atoms with E-state index in [-0.39, 0.29) is 16.4 Å². The predicted molar refractivity (Wildman–Crippen MR) is 99.4 cm³/mol. The van der Waals surface area contributed by atoms with Gasteiger partial charge in [-0.15, -0.1) is 0 Å². The molecule has 0 radical (unpaired) electrons. The molecule has 5 heteroatoms. The lowest BCUT2D eigenvalue weighted by Crippen LogP contribution is -2.55. The van der Waals surface area contributed by atoms with Crippen LogP contribution in [0.4, 0.5) is 0 Å². The number of sulfone groups is 1. The van der Waals surface area contributed by atoms with E-state index >= 15 is 0 Å². The molecule has 0 fully saturated rings. The topological polar surface area (TPSA) is 69.4 Å². The molecule has 0 saturated heterocycles. The molecule has 2 unspecified atom stereocenters. The van der Waals surface area contributed by atoms with Gasteiger partial charge >= 0.3 is 0 Å². The first kappa shape index (κ1) is 18.0. The standard InChI is InChI=1S/C20H25NO3S/c1-19(2,3)20(17-8-6-5-7-14(17)13-18(20)21)24-15-9-11-16(12-10-15)25(4,22)23/h5-12,18H,13,21H2,1-4H3. The normalized spacial score (nSPS) is 23.3. The quantitative estimate of drug-likeness (QED) is 0.913. The lowest BCUT2D eigenvalue weighted by molar-refractivity contribution is -0.0510. The zero-order valence-electron chi connectivity index (χ0n) is 15.1. The SMILES string of the molecule is CC(C)(C)C1(Oc2ccc(S(C)(=O)=O)cc2)c2ccccc2CC1N. The molecule has 3 rings (SSSR count). The van der Waals surface area contributed by atoms with Crippen molar-refractivity contribution in [2.24, 2.45) is 11.1 Å². The third-order valence-electron chi connectivity index (χ3n) is 5.02. The first-order valence-electron chi connectivity index (χ1n) is 8.39. The predicted octanol–water partition coefficient (Wildman–Crippen LogP) is 3.29. The van der Waals surface area contributed by atoms with E-state index in [0.29, 0.717) is 5.75 Å². The summed E-state index contributed by atoms with van der Waals surface area (Å²) in [5, 5.41) is 0. The van der Waals surface area contributed by atoms with Crippen molar-refractivity contribution >= 4 is 9.84 Å². The van der Waals surface area contributed by atoms with Gasteiger partial charge in [-0.2, -0.15) is 0 Å². The molecular formula is C20H25NO3S. The van der Waals surface area contributed by atoms with Crippen LogP contribution >= 0.6 is 0 Å². The minimum atomic E-state index is -3.23. The summed E-state index contributed by atoms with van der Waals surface area (Å²) in [6.45, 7) is 6.37. The Kier molecular flexibility index (Phi) is 4.20. The van der Waals surface area contributed by atoms with Gasteiger partial charge in [-0.25, -0.2) is 8.42 Å². The Balaban J connectivity index is 2.07. The molecule has 0 bridgehead atoms. The lowest BCUT2D eigenvalue weighted by Gasteiger charge is -2.45. The Morgan fingerprint density at radius 3 is 2.24 bits per heavy atom. The molecule has 4 nitrogen and oxygen atoms in total. The summed E-state index contributed by atoms with van der Waals surface area (Å²) in [5.74, 6) is 0.620. The second-order valence-corrected chi connectivity index (χ2v) is 9.81. The van der Waals surface area contributed by atoms with Gasteiger partial charge in [-0.1, -0.05) is 45.0 Å². The minimum Gasteiger partial charge on any atom is -0.480 e. The second-order valence-electron chi connectivity index (χ2n) is 7.80. The summed E-state index contributed by atoms with van der Waals surface area (Å²) in [6, 6.07) is 14.6. The molecule has 0 aliphatic heterocycles. The van der Waals surface area contributed by atoms with Crippen molar-refractivity contribution < 1.29 is 13.2 Å². The van der Waals surface area contributed by atoms with E-state index < -0.39 is 15.4 Å². The number of ether oxygens (including phenoxy) is 1. The smallest absolute Gasteiger partial charge is 0.175 e. The molecule has 2 N–H and O–H groups in total. The first-order chi connectivity index (χ1) is 11.6. The molecule has 0 heterocycles. The fourth-order valence-electron chi connectivity index (χ4n) is 3.83. The molecular weight excluding hydrogens is 334 g/mol. The van der Waals surface area contributed by atoms with Crippen LogP contribution in [-0.4, -0.2) is 20.7 Å². The third kappa shape index (κ3) is 2.96. The summed E-state index contributed by atoms with van der Waals surface area (Å²) in [7, 11) is -3.23. The summed E-state index contributed by atoms with van der Waals surface area (Å²) in [4.78, 5) is 0.278. The molecule has 1 aliphatic rings. The monoisotopic (exact) mass is 359 g/mol. The molecule has 2 atom stereocenters. The van der Waals surface area contributed by atoms with Crippen LogP contribution in [0, 0.1) is 5.41 Å². The van der Waals surface area contributed by atoms with E-state index in [0.717, 1.165) is 12.0 Å². The van der Waals surface area contributed by atoms with Crippen LogP contribution in [0.5, 0.6) is 5.75 Å². The minimum absolute atomic E-state index is 0.181. The zero-order valence-corrected chi connectivity index (χ0v) is 15.9. The van der Waals surface area contributed by atoms with Crippen molar-refractivity contribution in [2.45, 2.75) is 43.7 Å². The van der Waals surface area contributed by atoms with Crippen LogP contribution in [-0.2, 0) is 21.9 Å². The molecule has 25 heavy (non-hydrogen) atoms. The van der Waals surface area contributed by atoms with Crippen molar-refractivity contribution in [2.75, 3.05) is 6.26 Å². The number of nitrogens with two attached hydrogens (primary N) is 1. The highest BCUT2D eigenvalue weighted by Gasteiger charge is 2.55. The van der Waals surface area contributed by atoms with Crippen molar-refractivity contribution in [3.8, 4) is 5.75 Å². The molecule has 2 aromatic rings. The molecule has 0 saturated carbocycles. The summed E-state index contributed by atoms with van der Waals surface area (Å²) >= 11 is 0. The molecule has 134 valence electrons. The number of rotatable bonds is 3. The van der Waals surface area contributed by atoms with Gasteiger partial charge in [0.25, 0.3) is 0 Å². The fourth-order valence-corrected chi connectivity index (χ4v) is 4.46. The van der Waals surface area contributed by atoms with E-state index in [9.17, 15) is 8.42 Å². The molecule has 0 spiro atoms.